The van der Waals surface area contributed by atoms with Crippen LogP contribution in [-0.4, -0.2) is 17.7 Å². The molecule has 1 rings (SSSR count). The largest absolute Gasteiger partial charge is 0.476 e. The predicted molar refractivity (Wildman–Crippen MR) is 49.8 cm³/mol. The molecule has 6 heteroatoms. The number of rotatable bonds is 4. The van der Waals surface area contributed by atoms with Crippen molar-refractivity contribution < 1.29 is 27.8 Å². The maximum Gasteiger partial charge on any atom is 0.387 e. The van der Waals surface area contributed by atoms with Gasteiger partial charge in [-0.05, 0) is 23.8 Å². The lowest BCUT2D eigenvalue weighted by molar-refractivity contribution is -0.134. The number of ether oxygens (including phenoxy) is 1. The molecule has 16 heavy (non-hydrogen) atoms. The molecule has 1 aromatic carbocycles. The van der Waals surface area contributed by atoms with Gasteiger partial charge in [-0.15, -0.1) is 0 Å². The van der Waals surface area contributed by atoms with Gasteiger partial charge >= 0.3 is 12.6 Å². The molecule has 0 heterocycles. The number of aliphatic carboxylic acids is 1. The van der Waals surface area contributed by atoms with Crippen molar-refractivity contribution in [2.45, 2.75) is 6.61 Å². The molecule has 0 aliphatic carbocycles. The molecule has 0 atom stereocenters. The lowest BCUT2D eigenvalue weighted by Gasteiger charge is -2.03. The zero-order valence-corrected chi connectivity index (χ0v) is 7.86. The second-order valence-corrected chi connectivity index (χ2v) is 2.74. The van der Waals surface area contributed by atoms with Gasteiger partial charge in [-0.2, -0.15) is 13.2 Å². The fourth-order valence-corrected chi connectivity index (χ4v) is 0.954. The molecular weight excluding hydrogens is 225 g/mol. The van der Waals surface area contributed by atoms with Crippen molar-refractivity contribution in [1.29, 1.82) is 0 Å². The van der Waals surface area contributed by atoms with E-state index in [9.17, 15) is 18.0 Å². The highest BCUT2D eigenvalue weighted by atomic mass is 19.3. The maximum absolute atomic E-state index is 12.6. The summed E-state index contributed by atoms with van der Waals surface area (Å²) in [6.07, 6.45) is 0.772. The van der Waals surface area contributed by atoms with E-state index < -0.39 is 18.4 Å². The minimum atomic E-state index is -2.93. The van der Waals surface area contributed by atoms with Crippen LogP contribution in [-0.2, 0) is 4.79 Å². The first-order valence-corrected chi connectivity index (χ1v) is 4.14. The molecule has 0 fully saturated rings. The Labute approximate surface area is 88.8 Å². The van der Waals surface area contributed by atoms with Gasteiger partial charge in [0.15, 0.2) is 0 Å². The Balaban J connectivity index is 2.79. The molecule has 0 bridgehead atoms. The second-order valence-electron chi connectivity index (χ2n) is 2.74. The monoisotopic (exact) mass is 232 g/mol. The fourth-order valence-electron chi connectivity index (χ4n) is 0.954. The SMILES string of the molecule is O=C(O)C(F)=Cc1ccc(OC(F)F)cc1. The molecule has 0 aliphatic heterocycles. The van der Waals surface area contributed by atoms with Crippen LogP contribution in [0, 0.1) is 0 Å². The standard InChI is InChI=1S/C10H7F3O3/c11-8(9(14)15)5-6-1-3-7(4-2-6)16-10(12)13/h1-5,10H,(H,14,15). The van der Waals surface area contributed by atoms with Crippen LogP contribution >= 0.6 is 0 Å². The molecule has 1 aromatic rings. The van der Waals surface area contributed by atoms with Crippen molar-refractivity contribution in [2.75, 3.05) is 0 Å². The minimum Gasteiger partial charge on any atom is -0.476 e. The summed E-state index contributed by atoms with van der Waals surface area (Å²) in [6.45, 7) is -2.93. The van der Waals surface area contributed by atoms with Gasteiger partial charge in [0.25, 0.3) is 0 Å². The van der Waals surface area contributed by atoms with Gasteiger partial charge in [-0.1, -0.05) is 12.1 Å². The predicted octanol–water partition coefficient (Wildman–Crippen LogP) is 2.68. The number of benzene rings is 1. The van der Waals surface area contributed by atoms with E-state index >= 15 is 0 Å². The summed E-state index contributed by atoms with van der Waals surface area (Å²) in [4.78, 5) is 10.1. The van der Waals surface area contributed by atoms with Crippen molar-refractivity contribution in [2.24, 2.45) is 0 Å². The third-order valence-electron chi connectivity index (χ3n) is 1.60. The highest BCUT2D eigenvalue weighted by Crippen LogP contribution is 2.16. The number of carboxylic acids is 1. The topological polar surface area (TPSA) is 46.5 Å². The van der Waals surface area contributed by atoms with Crippen LogP contribution in [0.15, 0.2) is 30.1 Å². The highest BCUT2D eigenvalue weighted by molar-refractivity contribution is 5.89. The van der Waals surface area contributed by atoms with Crippen molar-refractivity contribution in [3.05, 3.63) is 35.7 Å². The number of hydrogen-bond acceptors (Lipinski definition) is 2. The number of hydrogen-bond donors (Lipinski definition) is 1. The van der Waals surface area contributed by atoms with E-state index in [1.807, 2.05) is 0 Å². The zero-order chi connectivity index (χ0) is 12.1. The second kappa shape index (κ2) is 5.20. The molecule has 0 saturated heterocycles. The number of carbonyl (C=O) groups is 1. The molecule has 0 amide bonds. The highest BCUT2D eigenvalue weighted by Gasteiger charge is 2.06. The normalized spacial score (nSPS) is 11.6. The van der Waals surface area contributed by atoms with Crippen molar-refractivity contribution in [3.63, 3.8) is 0 Å². The van der Waals surface area contributed by atoms with Crippen molar-refractivity contribution in [1.82, 2.24) is 0 Å². The Kier molecular flexibility index (Phi) is 3.93. The Morgan fingerprint density at radius 3 is 2.31 bits per heavy atom. The minimum absolute atomic E-state index is 0.0807. The molecular formula is C10H7F3O3. The molecule has 0 aromatic heterocycles. The number of alkyl halides is 2. The molecule has 0 spiro atoms. The average molecular weight is 232 g/mol. The van der Waals surface area contributed by atoms with Gasteiger partial charge in [0.1, 0.15) is 5.75 Å². The third-order valence-corrected chi connectivity index (χ3v) is 1.60. The Morgan fingerprint density at radius 1 is 1.31 bits per heavy atom. The van der Waals surface area contributed by atoms with Gasteiger partial charge < -0.3 is 9.84 Å². The van der Waals surface area contributed by atoms with Crippen molar-refractivity contribution >= 4 is 12.0 Å². The van der Waals surface area contributed by atoms with Crippen LogP contribution in [0.25, 0.3) is 6.08 Å². The summed E-state index contributed by atoms with van der Waals surface area (Å²) in [5.41, 5.74) is 0.238. The summed E-state index contributed by atoms with van der Waals surface area (Å²) in [6, 6.07) is 4.90. The third kappa shape index (κ3) is 3.64. The number of halogens is 3. The molecule has 0 aliphatic rings. The van der Waals surface area contributed by atoms with E-state index in [1.54, 1.807) is 0 Å². The van der Waals surface area contributed by atoms with Crippen LogP contribution in [0.1, 0.15) is 5.56 Å². The first-order chi connectivity index (χ1) is 7.49. The summed E-state index contributed by atoms with van der Waals surface area (Å²) in [7, 11) is 0. The van der Waals surface area contributed by atoms with Gasteiger partial charge in [0.05, 0.1) is 0 Å². The molecule has 0 unspecified atom stereocenters. The molecule has 3 nitrogen and oxygen atoms in total. The number of carboxylic acid groups (broad SMARTS) is 1. The molecule has 1 N–H and O–H groups in total. The maximum atomic E-state index is 12.6. The zero-order valence-electron chi connectivity index (χ0n) is 7.86. The Bertz CT molecular complexity index is 398. The quantitative estimate of drug-likeness (QED) is 0.812. The molecule has 0 radical (unpaired) electrons. The van der Waals surface area contributed by atoms with Crippen LogP contribution in [0.4, 0.5) is 13.2 Å². The van der Waals surface area contributed by atoms with Crippen LogP contribution in [0.2, 0.25) is 0 Å². The summed E-state index contributed by atoms with van der Waals surface area (Å²) in [5, 5.41) is 8.25. The Morgan fingerprint density at radius 2 is 1.88 bits per heavy atom. The first-order valence-electron chi connectivity index (χ1n) is 4.14. The van der Waals surface area contributed by atoms with Gasteiger partial charge in [-0.3, -0.25) is 0 Å². The first kappa shape index (κ1) is 12.1. The summed E-state index contributed by atoms with van der Waals surface area (Å²) >= 11 is 0. The van der Waals surface area contributed by atoms with Crippen LogP contribution in [0.5, 0.6) is 5.75 Å². The van der Waals surface area contributed by atoms with E-state index in [1.165, 1.54) is 24.3 Å². The lowest BCUT2D eigenvalue weighted by atomic mass is 10.2. The van der Waals surface area contributed by atoms with E-state index in [0.29, 0.717) is 0 Å². The van der Waals surface area contributed by atoms with E-state index in [0.717, 1.165) is 6.08 Å². The fraction of sp³-hybridized carbons (Fsp3) is 0.100. The summed E-state index contributed by atoms with van der Waals surface area (Å²) < 4.78 is 40.2. The smallest absolute Gasteiger partial charge is 0.387 e. The molecule has 86 valence electrons. The van der Waals surface area contributed by atoms with E-state index in [-0.39, 0.29) is 11.3 Å². The van der Waals surface area contributed by atoms with Crippen LogP contribution < -0.4 is 4.74 Å². The average Bonchev–Trinajstić information content (AvgIpc) is 2.20. The van der Waals surface area contributed by atoms with Gasteiger partial charge in [0, 0.05) is 0 Å². The Hall–Kier alpha value is -1.98. The molecule has 0 saturated carbocycles. The van der Waals surface area contributed by atoms with Crippen LogP contribution in [0.3, 0.4) is 0 Å². The van der Waals surface area contributed by atoms with Gasteiger partial charge in [-0.25, -0.2) is 4.79 Å². The van der Waals surface area contributed by atoms with E-state index in [2.05, 4.69) is 4.74 Å². The van der Waals surface area contributed by atoms with E-state index in [4.69, 9.17) is 5.11 Å². The summed E-state index contributed by atoms with van der Waals surface area (Å²) in [5.74, 6) is -3.10. The van der Waals surface area contributed by atoms with Gasteiger partial charge in [0.2, 0.25) is 5.83 Å². The lowest BCUT2D eigenvalue weighted by Crippen LogP contribution is -2.01. The van der Waals surface area contributed by atoms with Crippen molar-refractivity contribution in [3.8, 4) is 5.75 Å².